The Kier molecular flexibility index (Phi) is 4.07. The molecule has 1 aromatic rings. The number of hydrogen-bond donors (Lipinski definition) is 1. The Morgan fingerprint density at radius 2 is 2.00 bits per heavy atom. The number of carboxylic acids is 1. The highest BCUT2D eigenvalue weighted by Crippen LogP contribution is 2.27. The van der Waals surface area contributed by atoms with Gasteiger partial charge in [0.05, 0.1) is 12.0 Å². The Morgan fingerprint density at radius 3 is 2.56 bits per heavy atom. The molecule has 1 aliphatic rings. The van der Waals surface area contributed by atoms with E-state index >= 15 is 0 Å². The van der Waals surface area contributed by atoms with E-state index in [1.54, 1.807) is 11.0 Å². The lowest BCUT2D eigenvalue weighted by molar-refractivity contribution is -0.139. The van der Waals surface area contributed by atoms with Crippen LogP contribution in [-0.2, 0) is 4.79 Å². The third-order valence-electron chi connectivity index (χ3n) is 2.87. The summed E-state index contributed by atoms with van der Waals surface area (Å²) in [5.74, 6) is -0.784. The van der Waals surface area contributed by atoms with Crippen LogP contribution in [0, 0.1) is 5.92 Å². The van der Waals surface area contributed by atoms with E-state index in [4.69, 9.17) is 5.11 Å². The molecule has 1 heterocycles. The Bertz CT molecular complexity index is 498. The first-order valence-electron chi connectivity index (χ1n) is 5.43. The molecule has 96 valence electrons. The van der Waals surface area contributed by atoms with Crippen molar-refractivity contribution in [3.63, 3.8) is 0 Å². The largest absolute Gasteiger partial charge is 0.481 e. The number of carbonyl (C=O) groups is 2. The summed E-state index contributed by atoms with van der Waals surface area (Å²) in [6.07, 6.45) is 0.130. The first kappa shape index (κ1) is 13.5. The molecule has 18 heavy (non-hydrogen) atoms. The quantitative estimate of drug-likeness (QED) is 0.882. The van der Waals surface area contributed by atoms with Crippen LogP contribution in [0.4, 0.5) is 0 Å². The molecule has 4 nitrogen and oxygen atoms in total. The second kappa shape index (κ2) is 5.40. The normalized spacial score (nSPS) is 15.3. The molecule has 2 rings (SSSR count). The van der Waals surface area contributed by atoms with Gasteiger partial charge in [0.15, 0.2) is 0 Å². The third-order valence-corrected chi connectivity index (χ3v) is 4.02. The van der Waals surface area contributed by atoms with Crippen LogP contribution in [0.3, 0.4) is 0 Å². The van der Waals surface area contributed by atoms with Crippen molar-refractivity contribution in [2.75, 3.05) is 13.1 Å². The van der Waals surface area contributed by atoms with E-state index in [1.165, 1.54) is 0 Å². The third kappa shape index (κ3) is 2.92. The lowest BCUT2D eigenvalue weighted by Gasteiger charge is -2.38. The average Bonchev–Trinajstić information content (AvgIpc) is 2.21. The van der Waals surface area contributed by atoms with Crippen LogP contribution < -0.4 is 0 Å². The highest BCUT2D eigenvalue weighted by molar-refractivity contribution is 9.11. The van der Waals surface area contributed by atoms with E-state index in [2.05, 4.69) is 31.9 Å². The molecule has 6 heteroatoms. The maximum absolute atomic E-state index is 12.1. The minimum Gasteiger partial charge on any atom is -0.481 e. The number of halogens is 2. The van der Waals surface area contributed by atoms with Crippen LogP contribution in [0.2, 0.25) is 0 Å². The minimum atomic E-state index is -0.808. The highest BCUT2D eigenvalue weighted by atomic mass is 79.9. The van der Waals surface area contributed by atoms with Crippen LogP contribution in [0.5, 0.6) is 0 Å². The van der Waals surface area contributed by atoms with Crippen molar-refractivity contribution in [1.82, 2.24) is 4.90 Å². The van der Waals surface area contributed by atoms with Crippen LogP contribution >= 0.6 is 31.9 Å². The Balaban J connectivity index is 1.99. The van der Waals surface area contributed by atoms with E-state index in [0.717, 1.165) is 8.95 Å². The first-order valence-corrected chi connectivity index (χ1v) is 7.02. The van der Waals surface area contributed by atoms with Gasteiger partial charge < -0.3 is 10.0 Å². The lowest BCUT2D eigenvalue weighted by atomic mass is 9.95. The van der Waals surface area contributed by atoms with Gasteiger partial charge >= 0.3 is 5.97 Å². The standard InChI is InChI=1S/C12H11Br2NO3/c13-8-1-2-9(10(14)4-8)12(18)15-5-7(6-15)3-11(16)17/h1-2,4,7H,3,5-6H2,(H,16,17). The van der Waals surface area contributed by atoms with Gasteiger partial charge in [0.25, 0.3) is 5.91 Å². The molecule has 0 bridgehead atoms. The van der Waals surface area contributed by atoms with E-state index < -0.39 is 5.97 Å². The molecule has 0 unspecified atom stereocenters. The minimum absolute atomic E-state index is 0.0592. The molecule has 0 aliphatic carbocycles. The average molecular weight is 377 g/mol. The molecule has 1 N–H and O–H groups in total. The van der Waals surface area contributed by atoms with Gasteiger partial charge in [-0.15, -0.1) is 0 Å². The van der Waals surface area contributed by atoms with E-state index in [-0.39, 0.29) is 18.2 Å². The number of carbonyl (C=O) groups excluding carboxylic acids is 1. The Labute approximate surface area is 121 Å². The number of carboxylic acid groups (broad SMARTS) is 1. The highest BCUT2D eigenvalue weighted by Gasteiger charge is 2.33. The molecule has 1 saturated heterocycles. The molecular weight excluding hydrogens is 366 g/mol. The molecule has 1 aromatic carbocycles. The number of likely N-dealkylation sites (tertiary alicyclic amines) is 1. The molecule has 1 amide bonds. The van der Waals surface area contributed by atoms with Gasteiger partial charge in [-0.1, -0.05) is 15.9 Å². The molecular formula is C12H11Br2NO3. The monoisotopic (exact) mass is 375 g/mol. The molecule has 0 radical (unpaired) electrons. The zero-order chi connectivity index (χ0) is 13.3. The first-order chi connectivity index (χ1) is 8.47. The SMILES string of the molecule is O=C(O)CC1CN(C(=O)c2ccc(Br)cc2Br)C1. The molecule has 0 atom stereocenters. The van der Waals surface area contributed by atoms with Crippen molar-refractivity contribution in [2.24, 2.45) is 5.92 Å². The summed E-state index contributed by atoms with van der Waals surface area (Å²) < 4.78 is 1.64. The maximum atomic E-state index is 12.1. The van der Waals surface area contributed by atoms with E-state index in [9.17, 15) is 9.59 Å². The fourth-order valence-electron chi connectivity index (χ4n) is 1.95. The summed E-state index contributed by atoms with van der Waals surface area (Å²) in [7, 11) is 0. The lowest BCUT2D eigenvalue weighted by Crippen LogP contribution is -2.50. The number of hydrogen-bond acceptors (Lipinski definition) is 2. The van der Waals surface area contributed by atoms with Crippen LogP contribution in [0.15, 0.2) is 27.1 Å². The fourth-order valence-corrected chi connectivity index (χ4v) is 3.16. The van der Waals surface area contributed by atoms with Crippen molar-refractivity contribution in [3.8, 4) is 0 Å². The predicted molar refractivity (Wildman–Crippen MR) is 73.5 cm³/mol. The molecule has 0 saturated carbocycles. The smallest absolute Gasteiger partial charge is 0.303 e. The molecule has 0 aromatic heterocycles. The van der Waals surface area contributed by atoms with Crippen LogP contribution in [0.25, 0.3) is 0 Å². The number of amides is 1. The van der Waals surface area contributed by atoms with Crippen molar-refractivity contribution >= 4 is 43.7 Å². The van der Waals surface area contributed by atoms with Gasteiger partial charge in [0, 0.05) is 28.0 Å². The van der Waals surface area contributed by atoms with E-state index in [0.29, 0.717) is 18.7 Å². The second-order valence-corrected chi connectivity index (χ2v) is 6.07. The van der Waals surface area contributed by atoms with Gasteiger partial charge in [-0.2, -0.15) is 0 Å². The van der Waals surface area contributed by atoms with Crippen molar-refractivity contribution in [3.05, 3.63) is 32.7 Å². The van der Waals surface area contributed by atoms with Gasteiger partial charge in [-0.25, -0.2) is 0 Å². The summed E-state index contributed by atoms with van der Waals surface area (Å²) in [5.41, 5.74) is 0.604. The molecule has 0 spiro atoms. The van der Waals surface area contributed by atoms with Gasteiger partial charge in [-0.05, 0) is 34.1 Å². The summed E-state index contributed by atoms with van der Waals surface area (Å²) in [5, 5.41) is 8.65. The Hall–Kier alpha value is -0.880. The van der Waals surface area contributed by atoms with E-state index in [1.807, 2.05) is 12.1 Å². The summed E-state index contributed by atoms with van der Waals surface area (Å²) in [6, 6.07) is 5.38. The molecule has 1 fully saturated rings. The predicted octanol–water partition coefficient (Wildman–Crippen LogP) is 2.76. The maximum Gasteiger partial charge on any atom is 0.303 e. The summed E-state index contributed by atoms with van der Waals surface area (Å²) in [6.45, 7) is 1.04. The zero-order valence-electron chi connectivity index (χ0n) is 9.40. The number of benzene rings is 1. The van der Waals surface area contributed by atoms with Crippen LogP contribution in [-0.4, -0.2) is 35.0 Å². The number of rotatable bonds is 3. The molecule has 1 aliphatic heterocycles. The number of aliphatic carboxylic acids is 1. The summed E-state index contributed by atoms with van der Waals surface area (Å²) in [4.78, 5) is 24.3. The fraction of sp³-hybridized carbons (Fsp3) is 0.333. The van der Waals surface area contributed by atoms with Crippen molar-refractivity contribution < 1.29 is 14.7 Å². The van der Waals surface area contributed by atoms with Gasteiger partial charge in [0.1, 0.15) is 0 Å². The zero-order valence-corrected chi connectivity index (χ0v) is 12.6. The van der Waals surface area contributed by atoms with Crippen molar-refractivity contribution in [1.29, 1.82) is 0 Å². The van der Waals surface area contributed by atoms with Gasteiger partial charge in [-0.3, -0.25) is 9.59 Å². The topological polar surface area (TPSA) is 57.6 Å². The van der Waals surface area contributed by atoms with Gasteiger partial charge in [0.2, 0.25) is 0 Å². The van der Waals surface area contributed by atoms with Crippen LogP contribution in [0.1, 0.15) is 16.8 Å². The summed E-state index contributed by atoms with van der Waals surface area (Å²) >= 11 is 6.68. The number of nitrogens with zero attached hydrogens (tertiary/aromatic N) is 1. The second-order valence-electron chi connectivity index (χ2n) is 4.30. The Morgan fingerprint density at radius 1 is 1.33 bits per heavy atom. The van der Waals surface area contributed by atoms with Crippen molar-refractivity contribution in [2.45, 2.75) is 6.42 Å².